The number of aliphatic hydroxyl groups excluding tert-OH is 2. The molecule has 0 aliphatic heterocycles. The van der Waals surface area contributed by atoms with Crippen LogP contribution in [0.25, 0.3) is 0 Å². The number of ether oxygens (including phenoxy) is 2. The highest BCUT2D eigenvalue weighted by molar-refractivity contribution is 8.00. The van der Waals surface area contributed by atoms with Gasteiger partial charge in [0.15, 0.2) is 0 Å². The Morgan fingerprint density at radius 3 is 1.96 bits per heavy atom. The largest absolute Gasteiger partial charge is 0.481 e. The van der Waals surface area contributed by atoms with E-state index in [1.165, 1.54) is 88.8 Å². The number of thioether (sulfide) groups is 1. The lowest BCUT2D eigenvalue weighted by molar-refractivity contribution is -0.153. The molecule has 0 saturated heterocycles. The van der Waals surface area contributed by atoms with E-state index in [1.807, 2.05) is 30.4 Å². The second kappa shape index (κ2) is 36.6. The van der Waals surface area contributed by atoms with Crippen LogP contribution in [0.2, 0.25) is 0 Å². The van der Waals surface area contributed by atoms with Gasteiger partial charge in [-0.1, -0.05) is 153 Å². The minimum absolute atomic E-state index is 0.0432. The number of unbranched alkanes of at least 4 members (excludes halogenated alkanes) is 13. The molecule has 0 aliphatic carbocycles. The predicted molar refractivity (Wildman–Crippen MR) is 220 cm³/mol. The molecule has 0 aromatic heterocycles. The zero-order valence-electron chi connectivity index (χ0n) is 33.3. The fraction of sp³-hybridized carbons (Fsp3) is 0.744. The van der Waals surface area contributed by atoms with E-state index in [1.54, 1.807) is 0 Å². The number of aliphatic hydroxyl groups is 2. The average molecular weight is 766 g/mol. The van der Waals surface area contributed by atoms with Crippen molar-refractivity contribution in [1.29, 1.82) is 0 Å². The van der Waals surface area contributed by atoms with Crippen molar-refractivity contribution >= 4 is 29.7 Å². The van der Waals surface area contributed by atoms with Crippen LogP contribution in [0.5, 0.6) is 0 Å². The standard InChI is InChI=1S/C43H75NO8S/c1-4-5-6-7-8-9-10-13-16-19-22-25-30-40(39(46)29-27-31-41(47)48)53-35-38(44)43(50)52-34-37(45)33-51-42(49)32-26-23-20-17-14-11-12-15-18-21-24-28-36(2)3/h8-9,13,16,19,22,25,30,36-40,45-46H,4-7,10-12,14-15,17-18,20-21,23-24,26-29,31-35,44H2,1-3H3,(H,47,48)/b9-8-,16-13-,22-19+,30-25+/t37-,38-,39-,40+/m0/s1. The Morgan fingerprint density at radius 2 is 1.32 bits per heavy atom. The van der Waals surface area contributed by atoms with Gasteiger partial charge in [-0.15, -0.1) is 11.8 Å². The first-order valence-corrected chi connectivity index (χ1v) is 21.5. The summed E-state index contributed by atoms with van der Waals surface area (Å²) in [7, 11) is 0. The lowest BCUT2D eigenvalue weighted by Crippen LogP contribution is -2.38. The van der Waals surface area contributed by atoms with E-state index >= 15 is 0 Å². The zero-order valence-corrected chi connectivity index (χ0v) is 34.2. The number of aliphatic carboxylic acids is 1. The number of esters is 2. The number of hydrogen-bond acceptors (Lipinski definition) is 9. The first kappa shape index (κ1) is 50.6. The third kappa shape index (κ3) is 35.1. The highest BCUT2D eigenvalue weighted by Gasteiger charge is 2.23. The summed E-state index contributed by atoms with van der Waals surface area (Å²) in [5.74, 6) is -1.06. The Labute approximate surface area is 326 Å². The number of carbonyl (C=O) groups excluding carboxylic acids is 2. The predicted octanol–water partition coefficient (Wildman–Crippen LogP) is 9.40. The molecule has 0 saturated carbocycles. The number of carboxylic acid groups (broad SMARTS) is 1. The second-order valence-corrected chi connectivity index (χ2v) is 15.7. The Hall–Kier alpha value is -2.40. The first-order chi connectivity index (χ1) is 25.6. The summed E-state index contributed by atoms with van der Waals surface area (Å²) >= 11 is 1.27. The molecular weight excluding hydrogens is 691 g/mol. The Bertz CT molecular complexity index is 1030. The van der Waals surface area contributed by atoms with Gasteiger partial charge in [-0.3, -0.25) is 14.4 Å². The van der Waals surface area contributed by atoms with Crippen molar-refractivity contribution in [3.05, 3.63) is 48.6 Å². The molecule has 10 heteroatoms. The van der Waals surface area contributed by atoms with Gasteiger partial charge in [0.1, 0.15) is 25.4 Å². The number of rotatable bonds is 36. The maximum Gasteiger partial charge on any atom is 0.323 e. The number of carboxylic acids is 1. The number of allylic oxidation sites excluding steroid dienone is 7. The molecule has 0 aromatic rings. The van der Waals surface area contributed by atoms with E-state index in [4.69, 9.17) is 20.3 Å². The van der Waals surface area contributed by atoms with Crippen LogP contribution in [0.3, 0.4) is 0 Å². The molecule has 0 spiro atoms. The number of nitrogens with two attached hydrogens (primary N) is 1. The maximum atomic E-state index is 12.5. The SMILES string of the molecule is CCCCC/C=C\C\C=C/C=C/C=C/[C@@H](SC[C@H](N)C(=O)OC[C@@H](O)COC(=O)CCCCCCCCCCCCCC(C)C)[C@@H](O)CCCC(=O)O. The van der Waals surface area contributed by atoms with Gasteiger partial charge < -0.3 is 30.5 Å². The molecule has 9 nitrogen and oxygen atoms in total. The minimum Gasteiger partial charge on any atom is -0.481 e. The van der Waals surface area contributed by atoms with Gasteiger partial charge in [-0.2, -0.15) is 0 Å². The molecule has 0 unspecified atom stereocenters. The highest BCUT2D eigenvalue weighted by Crippen LogP contribution is 2.22. The van der Waals surface area contributed by atoms with Crippen LogP contribution in [-0.4, -0.2) is 75.7 Å². The van der Waals surface area contributed by atoms with E-state index in [0.29, 0.717) is 12.8 Å². The number of hydrogen-bond donors (Lipinski definition) is 4. The van der Waals surface area contributed by atoms with Crippen molar-refractivity contribution in [2.75, 3.05) is 19.0 Å². The molecule has 53 heavy (non-hydrogen) atoms. The monoisotopic (exact) mass is 766 g/mol. The molecule has 5 N–H and O–H groups in total. The fourth-order valence-corrected chi connectivity index (χ4v) is 6.60. The molecule has 0 amide bonds. The third-order valence-electron chi connectivity index (χ3n) is 8.74. The van der Waals surface area contributed by atoms with Crippen LogP contribution < -0.4 is 5.73 Å². The summed E-state index contributed by atoms with van der Waals surface area (Å²) < 4.78 is 10.3. The summed E-state index contributed by atoms with van der Waals surface area (Å²) in [6, 6.07) is -1.01. The van der Waals surface area contributed by atoms with Crippen LogP contribution in [0.4, 0.5) is 0 Å². The van der Waals surface area contributed by atoms with Gasteiger partial charge in [0.25, 0.3) is 0 Å². The van der Waals surface area contributed by atoms with Crippen molar-refractivity contribution in [2.24, 2.45) is 11.7 Å². The molecule has 0 bridgehead atoms. The summed E-state index contributed by atoms with van der Waals surface area (Å²) in [6.07, 6.45) is 34.8. The van der Waals surface area contributed by atoms with E-state index < -0.39 is 35.4 Å². The Morgan fingerprint density at radius 1 is 0.698 bits per heavy atom. The summed E-state index contributed by atoms with van der Waals surface area (Å²) in [5, 5.41) is 29.5. The van der Waals surface area contributed by atoms with Gasteiger partial charge in [0, 0.05) is 23.8 Å². The zero-order chi connectivity index (χ0) is 39.4. The van der Waals surface area contributed by atoms with Crippen molar-refractivity contribution < 1.29 is 39.2 Å². The highest BCUT2D eigenvalue weighted by atomic mass is 32.2. The molecule has 0 radical (unpaired) electrons. The molecule has 0 heterocycles. The van der Waals surface area contributed by atoms with Crippen LogP contribution >= 0.6 is 11.8 Å². The summed E-state index contributed by atoms with van der Waals surface area (Å²) in [5.41, 5.74) is 6.05. The van der Waals surface area contributed by atoms with Crippen LogP contribution in [0.15, 0.2) is 48.6 Å². The second-order valence-electron chi connectivity index (χ2n) is 14.4. The van der Waals surface area contributed by atoms with E-state index in [2.05, 4.69) is 39.0 Å². The van der Waals surface area contributed by atoms with Gasteiger partial charge in [0.2, 0.25) is 0 Å². The molecule has 4 atom stereocenters. The first-order valence-electron chi connectivity index (χ1n) is 20.5. The Kier molecular flexibility index (Phi) is 34.9. The van der Waals surface area contributed by atoms with Crippen molar-refractivity contribution in [3.8, 4) is 0 Å². The van der Waals surface area contributed by atoms with Crippen LogP contribution in [0, 0.1) is 5.92 Å². The maximum absolute atomic E-state index is 12.5. The Balaban J connectivity index is 4.35. The topological polar surface area (TPSA) is 156 Å². The van der Waals surface area contributed by atoms with Crippen LogP contribution in [-0.2, 0) is 23.9 Å². The minimum atomic E-state index is -1.16. The molecule has 0 fully saturated rings. The van der Waals surface area contributed by atoms with Crippen molar-refractivity contribution in [1.82, 2.24) is 0 Å². The van der Waals surface area contributed by atoms with Crippen molar-refractivity contribution in [3.63, 3.8) is 0 Å². The fourth-order valence-electron chi connectivity index (χ4n) is 5.48. The number of carbonyl (C=O) groups is 3. The molecule has 306 valence electrons. The van der Waals surface area contributed by atoms with Crippen LogP contribution in [0.1, 0.15) is 156 Å². The van der Waals surface area contributed by atoms with E-state index in [9.17, 15) is 24.6 Å². The molecular formula is C43H75NO8S. The quantitative estimate of drug-likeness (QED) is 0.0210. The lowest BCUT2D eigenvalue weighted by atomic mass is 10.0. The smallest absolute Gasteiger partial charge is 0.323 e. The van der Waals surface area contributed by atoms with E-state index in [0.717, 1.165) is 38.0 Å². The molecule has 0 aliphatic rings. The van der Waals surface area contributed by atoms with Gasteiger partial charge in [-0.25, -0.2) is 0 Å². The summed E-state index contributed by atoms with van der Waals surface area (Å²) in [4.78, 5) is 35.5. The van der Waals surface area contributed by atoms with Gasteiger partial charge >= 0.3 is 17.9 Å². The summed E-state index contributed by atoms with van der Waals surface area (Å²) in [6.45, 7) is 6.15. The third-order valence-corrected chi connectivity index (χ3v) is 10.1. The van der Waals surface area contributed by atoms with E-state index in [-0.39, 0.29) is 37.8 Å². The molecule has 0 aromatic carbocycles. The normalized spacial score (nSPS) is 14.5. The van der Waals surface area contributed by atoms with Gasteiger partial charge in [0.05, 0.1) is 6.10 Å². The average Bonchev–Trinajstić information content (AvgIpc) is 3.12. The van der Waals surface area contributed by atoms with Gasteiger partial charge in [-0.05, 0) is 44.4 Å². The molecule has 0 rings (SSSR count). The van der Waals surface area contributed by atoms with Crippen molar-refractivity contribution in [2.45, 2.75) is 179 Å². The lowest BCUT2D eigenvalue weighted by Gasteiger charge is -2.21.